The molecule has 1 saturated heterocycles. The largest absolute Gasteiger partial charge is 0.493 e. The SMILES string of the molecule is [2H]C([2H])([2H])Oc1ccc(CCOC2CCCCC2N2CC[C@@H](O)C2)cc1OC([2H])([2H])[2H]. The molecule has 1 aromatic rings. The number of rotatable bonds is 7. The van der Waals surface area contributed by atoms with E-state index in [-0.39, 0.29) is 23.7 Å². The van der Waals surface area contributed by atoms with E-state index in [2.05, 4.69) is 4.90 Å². The van der Waals surface area contributed by atoms with Crippen LogP contribution in [0.4, 0.5) is 0 Å². The lowest BCUT2D eigenvalue weighted by molar-refractivity contribution is -0.0316. The van der Waals surface area contributed by atoms with Crippen molar-refractivity contribution >= 4 is 0 Å². The minimum atomic E-state index is -2.72. The molecule has 5 heteroatoms. The molecular weight excluding hydrogens is 318 g/mol. The van der Waals surface area contributed by atoms with Crippen LogP contribution in [0.2, 0.25) is 0 Å². The van der Waals surface area contributed by atoms with Crippen molar-refractivity contribution in [2.24, 2.45) is 0 Å². The zero-order valence-corrected chi connectivity index (χ0v) is 14.4. The molecule has 0 aromatic heterocycles. The van der Waals surface area contributed by atoms with Gasteiger partial charge in [0.25, 0.3) is 0 Å². The third-order valence-corrected chi connectivity index (χ3v) is 5.28. The van der Waals surface area contributed by atoms with Crippen molar-refractivity contribution in [2.75, 3.05) is 33.8 Å². The summed E-state index contributed by atoms with van der Waals surface area (Å²) in [5, 5.41) is 9.86. The minimum Gasteiger partial charge on any atom is -0.493 e. The summed E-state index contributed by atoms with van der Waals surface area (Å²) < 4.78 is 59.8. The Bertz CT molecular complexity index is 727. The Kier molecular flexibility index (Phi) is 4.32. The average Bonchev–Trinajstić information content (AvgIpc) is 3.08. The number of ether oxygens (including phenoxy) is 3. The first kappa shape index (κ1) is 12.2. The summed E-state index contributed by atoms with van der Waals surface area (Å²) in [7, 11) is -5.44. The van der Waals surface area contributed by atoms with E-state index in [9.17, 15) is 5.11 Å². The molecule has 1 heterocycles. The van der Waals surface area contributed by atoms with Crippen LogP contribution >= 0.6 is 0 Å². The van der Waals surface area contributed by atoms with Gasteiger partial charge in [-0.25, -0.2) is 0 Å². The van der Waals surface area contributed by atoms with Crippen LogP contribution in [0.3, 0.4) is 0 Å². The van der Waals surface area contributed by atoms with Crippen LogP contribution in [0.25, 0.3) is 0 Å². The van der Waals surface area contributed by atoms with Gasteiger partial charge in [-0.05, 0) is 43.4 Å². The van der Waals surface area contributed by atoms with E-state index in [4.69, 9.17) is 22.4 Å². The first-order valence-corrected chi connectivity index (χ1v) is 9.05. The van der Waals surface area contributed by atoms with E-state index in [1.807, 2.05) is 0 Å². The fourth-order valence-electron chi connectivity index (χ4n) is 3.96. The Morgan fingerprint density at radius 3 is 2.80 bits per heavy atom. The fraction of sp³-hybridized carbons (Fsp3) is 0.700. The second-order valence-corrected chi connectivity index (χ2v) is 6.93. The van der Waals surface area contributed by atoms with Crippen molar-refractivity contribution in [1.29, 1.82) is 0 Å². The van der Waals surface area contributed by atoms with E-state index < -0.39 is 14.1 Å². The highest BCUT2D eigenvalue weighted by Gasteiger charge is 2.34. The third kappa shape index (κ3) is 4.66. The van der Waals surface area contributed by atoms with Gasteiger partial charge in [-0.2, -0.15) is 0 Å². The van der Waals surface area contributed by atoms with E-state index in [0.717, 1.165) is 44.2 Å². The number of nitrogens with zero attached hydrogens (tertiary/aromatic N) is 1. The van der Waals surface area contributed by atoms with Gasteiger partial charge in [0.1, 0.15) is 0 Å². The summed E-state index contributed by atoms with van der Waals surface area (Å²) >= 11 is 0. The van der Waals surface area contributed by atoms with Crippen molar-refractivity contribution in [3.63, 3.8) is 0 Å². The van der Waals surface area contributed by atoms with Crippen molar-refractivity contribution in [2.45, 2.75) is 56.8 Å². The second kappa shape index (κ2) is 8.88. The van der Waals surface area contributed by atoms with Crippen LogP contribution in [0.15, 0.2) is 18.2 Å². The van der Waals surface area contributed by atoms with Gasteiger partial charge in [0.05, 0.1) is 41.1 Å². The molecule has 1 aliphatic carbocycles. The molecule has 1 aliphatic heterocycles. The van der Waals surface area contributed by atoms with E-state index in [0.29, 0.717) is 25.6 Å². The zero-order chi connectivity index (χ0) is 22.6. The highest BCUT2D eigenvalue weighted by atomic mass is 16.5. The van der Waals surface area contributed by atoms with Gasteiger partial charge >= 0.3 is 0 Å². The smallest absolute Gasteiger partial charge is 0.160 e. The van der Waals surface area contributed by atoms with E-state index in [1.54, 1.807) is 6.07 Å². The molecule has 2 fully saturated rings. The second-order valence-electron chi connectivity index (χ2n) is 6.93. The summed E-state index contributed by atoms with van der Waals surface area (Å²) in [6.45, 7) is 2.04. The highest BCUT2D eigenvalue weighted by Crippen LogP contribution is 2.30. The first-order chi connectivity index (χ1) is 14.5. The number of hydrogen-bond donors (Lipinski definition) is 1. The van der Waals surface area contributed by atoms with Crippen molar-refractivity contribution in [3.8, 4) is 11.5 Å². The fourth-order valence-corrected chi connectivity index (χ4v) is 3.96. The molecule has 1 saturated carbocycles. The Morgan fingerprint density at radius 1 is 1.16 bits per heavy atom. The van der Waals surface area contributed by atoms with Crippen LogP contribution in [0.1, 0.15) is 45.9 Å². The lowest BCUT2D eigenvalue weighted by Gasteiger charge is -2.37. The maximum atomic E-state index is 9.86. The summed E-state index contributed by atoms with van der Waals surface area (Å²) in [5.41, 5.74) is 0.765. The summed E-state index contributed by atoms with van der Waals surface area (Å²) in [5.74, 6) is -0.268. The molecule has 25 heavy (non-hydrogen) atoms. The third-order valence-electron chi connectivity index (χ3n) is 5.28. The molecule has 1 aromatic carbocycles. The molecule has 0 bridgehead atoms. The molecule has 0 radical (unpaired) electrons. The lowest BCUT2D eigenvalue weighted by atomic mass is 9.91. The molecular formula is C20H31NO4. The summed E-state index contributed by atoms with van der Waals surface area (Å²) in [6, 6.07) is 4.91. The highest BCUT2D eigenvalue weighted by molar-refractivity contribution is 5.42. The molecule has 0 spiro atoms. The standard InChI is InChI=1S/C20H31NO4/c1-23-19-8-7-15(13-20(19)24-2)10-12-25-18-6-4-3-5-17(18)21-11-9-16(22)14-21/h7-8,13,16-18,22H,3-6,9-12,14H2,1-2H3/t16-,17?,18?/m1/s1/i1D3,2D3. The number of aliphatic hydroxyl groups excluding tert-OH is 1. The van der Waals surface area contributed by atoms with Gasteiger partial charge in [-0.15, -0.1) is 0 Å². The summed E-state index contributed by atoms with van der Waals surface area (Å²) in [4.78, 5) is 2.33. The van der Waals surface area contributed by atoms with Crippen LogP contribution in [0.5, 0.6) is 11.5 Å². The number of benzene rings is 1. The Hall–Kier alpha value is -1.30. The molecule has 1 N–H and O–H groups in total. The quantitative estimate of drug-likeness (QED) is 0.815. The number of aliphatic hydroxyl groups is 1. The van der Waals surface area contributed by atoms with Gasteiger partial charge in [0.15, 0.2) is 11.5 Å². The average molecular weight is 356 g/mol. The number of likely N-dealkylation sites (tertiary alicyclic amines) is 1. The van der Waals surface area contributed by atoms with Gasteiger partial charge in [0.2, 0.25) is 0 Å². The lowest BCUT2D eigenvalue weighted by Crippen LogP contribution is -2.46. The molecule has 2 unspecified atom stereocenters. The maximum Gasteiger partial charge on any atom is 0.160 e. The number of β-amino-alcohol motifs (C(OH)–C–C–N with tert-alkyl or cyclic N) is 1. The monoisotopic (exact) mass is 355 g/mol. The van der Waals surface area contributed by atoms with Gasteiger partial charge in [0, 0.05) is 19.1 Å². The van der Waals surface area contributed by atoms with Crippen LogP contribution in [-0.4, -0.2) is 62.0 Å². The van der Waals surface area contributed by atoms with Gasteiger partial charge in [-0.1, -0.05) is 18.9 Å². The number of hydrogen-bond acceptors (Lipinski definition) is 5. The molecule has 5 nitrogen and oxygen atoms in total. The Labute approximate surface area is 159 Å². The topological polar surface area (TPSA) is 51.2 Å². The molecule has 0 amide bonds. The van der Waals surface area contributed by atoms with Crippen molar-refractivity contribution in [1.82, 2.24) is 4.90 Å². The normalized spacial score (nSPS) is 32.0. The predicted octanol–water partition coefficient (Wildman–Crippen LogP) is 2.64. The van der Waals surface area contributed by atoms with E-state index in [1.165, 1.54) is 12.1 Å². The molecule has 3 rings (SSSR count). The molecule has 3 atom stereocenters. The van der Waals surface area contributed by atoms with Crippen molar-refractivity contribution < 1.29 is 27.5 Å². The van der Waals surface area contributed by atoms with Crippen LogP contribution in [-0.2, 0) is 11.2 Å². The predicted molar refractivity (Wildman–Crippen MR) is 97.4 cm³/mol. The Balaban J connectivity index is 1.61. The Morgan fingerprint density at radius 2 is 2.00 bits per heavy atom. The molecule has 2 aliphatic rings. The van der Waals surface area contributed by atoms with Crippen molar-refractivity contribution in [3.05, 3.63) is 23.8 Å². The first-order valence-electron chi connectivity index (χ1n) is 12.0. The summed E-state index contributed by atoms with van der Waals surface area (Å²) in [6.07, 6.45) is 5.51. The zero-order valence-electron chi connectivity index (χ0n) is 20.4. The van der Waals surface area contributed by atoms with Gasteiger partial charge in [-0.3, -0.25) is 4.90 Å². The van der Waals surface area contributed by atoms with Gasteiger partial charge < -0.3 is 19.3 Å². The number of methoxy groups -OCH3 is 2. The van der Waals surface area contributed by atoms with Crippen LogP contribution in [0, 0.1) is 0 Å². The molecule has 140 valence electrons. The minimum absolute atomic E-state index is 0.107. The van der Waals surface area contributed by atoms with Crippen LogP contribution < -0.4 is 9.47 Å². The van der Waals surface area contributed by atoms with E-state index >= 15 is 0 Å². The maximum absolute atomic E-state index is 9.86.